The second-order valence-corrected chi connectivity index (χ2v) is 4.97. The van der Waals surface area contributed by atoms with Gasteiger partial charge in [-0.1, -0.05) is 42.3 Å². The molecule has 0 saturated heterocycles. The van der Waals surface area contributed by atoms with Crippen LogP contribution in [0.2, 0.25) is 0 Å². The molecule has 0 aromatic heterocycles. The molecule has 0 heterocycles. The summed E-state index contributed by atoms with van der Waals surface area (Å²) in [6.45, 7) is 0.178. The zero-order valence-electron chi connectivity index (χ0n) is 13.4. The molecule has 0 amide bonds. The summed E-state index contributed by atoms with van der Waals surface area (Å²) in [6.07, 6.45) is 9.54. The molecule has 0 spiro atoms. The van der Waals surface area contributed by atoms with Gasteiger partial charge in [0.15, 0.2) is 11.5 Å². The Hall–Kier alpha value is -3.19. The van der Waals surface area contributed by atoms with Crippen LogP contribution in [0, 0.1) is 12.3 Å². The third-order valence-corrected chi connectivity index (χ3v) is 3.39. The van der Waals surface area contributed by atoms with Gasteiger partial charge in [-0.05, 0) is 35.7 Å². The molecule has 0 unspecified atom stereocenters. The number of hydrogen-bond donors (Lipinski definition) is 1. The van der Waals surface area contributed by atoms with Gasteiger partial charge < -0.3 is 14.6 Å². The highest BCUT2D eigenvalue weighted by Gasteiger charge is 2.07. The third kappa shape index (κ3) is 4.40. The lowest BCUT2D eigenvalue weighted by Crippen LogP contribution is -2.01. The predicted molar refractivity (Wildman–Crippen MR) is 93.5 cm³/mol. The maximum absolute atomic E-state index is 11.2. The molecule has 0 saturated carbocycles. The van der Waals surface area contributed by atoms with Crippen molar-refractivity contribution in [2.75, 3.05) is 13.7 Å². The molecular formula is C20H18O4. The van der Waals surface area contributed by atoms with Crippen LogP contribution in [0.5, 0.6) is 11.5 Å². The van der Waals surface area contributed by atoms with Crippen molar-refractivity contribution < 1.29 is 19.4 Å². The number of carboxylic acids is 1. The van der Waals surface area contributed by atoms with E-state index in [-0.39, 0.29) is 6.61 Å². The first kappa shape index (κ1) is 17.2. The highest BCUT2D eigenvalue weighted by molar-refractivity contribution is 5.89. The van der Waals surface area contributed by atoms with Crippen molar-refractivity contribution in [3.8, 4) is 23.8 Å². The van der Waals surface area contributed by atoms with Crippen LogP contribution in [0.3, 0.4) is 0 Å². The van der Waals surface area contributed by atoms with E-state index in [4.69, 9.17) is 15.9 Å². The first-order chi connectivity index (χ1) is 11.7. The number of hydrogen-bond acceptors (Lipinski definition) is 3. The zero-order valence-corrected chi connectivity index (χ0v) is 13.4. The summed E-state index contributed by atoms with van der Waals surface area (Å²) in [5, 5.41) is 9.18. The number of carbonyl (C=O) groups is 1. The molecular weight excluding hydrogens is 304 g/mol. The number of rotatable bonds is 7. The lowest BCUT2D eigenvalue weighted by molar-refractivity contribution is 0.0696. The average Bonchev–Trinajstić information content (AvgIpc) is 2.60. The largest absolute Gasteiger partial charge is 0.493 e. The van der Waals surface area contributed by atoms with Gasteiger partial charge in [-0.2, -0.15) is 0 Å². The molecule has 4 heteroatoms. The van der Waals surface area contributed by atoms with E-state index in [0.29, 0.717) is 23.5 Å². The van der Waals surface area contributed by atoms with Crippen molar-refractivity contribution in [2.24, 2.45) is 0 Å². The lowest BCUT2D eigenvalue weighted by Gasteiger charge is -2.09. The van der Waals surface area contributed by atoms with Gasteiger partial charge in [-0.25, -0.2) is 4.79 Å². The molecule has 0 radical (unpaired) electrons. The molecule has 0 aliphatic carbocycles. The van der Waals surface area contributed by atoms with Crippen molar-refractivity contribution in [1.82, 2.24) is 0 Å². The zero-order chi connectivity index (χ0) is 17.4. The van der Waals surface area contributed by atoms with Crippen molar-refractivity contribution in [3.05, 3.63) is 65.2 Å². The van der Waals surface area contributed by atoms with E-state index in [2.05, 4.69) is 5.92 Å². The van der Waals surface area contributed by atoms with Gasteiger partial charge in [0.2, 0.25) is 0 Å². The molecule has 0 aliphatic rings. The fourth-order valence-corrected chi connectivity index (χ4v) is 2.26. The fraction of sp³-hybridized carbons (Fsp3) is 0.150. The quantitative estimate of drug-likeness (QED) is 0.790. The van der Waals surface area contributed by atoms with E-state index < -0.39 is 5.97 Å². The van der Waals surface area contributed by atoms with Crippen molar-refractivity contribution >= 4 is 12.0 Å². The number of methoxy groups -OCH3 is 1. The highest BCUT2D eigenvalue weighted by Crippen LogP contribution is 2.28. The van der Waals surface area contributed by atoms with Crippen LogP contribution in [0.15, 0.2) is 48.5 Å². The van der Waals surface area contributed by atoms with Gasteiger partial charge >= 0.3 is 5.97 Å². The number of carboxylic acid groups (broad SMARTS) is 1. The van der Waals surface area contributed by atoms with Gasteiger partial charge in [0.1, 0.15) is 6.61 Å². The third-order valence-electron chi connectivity index (χ3n) is 3.39. The molecule has 2 rings (SSSR count). The minimum atomic E-state index is -0.921. The number of allylic oxidation sites excluding steroid dienone is 1. The van der Waals surface area contributed by atoms with E-state index >= 15 is 0 Å². The second kappa shape index (κ2) is 8.44. The van der Waals surface area contributed by atoms with Crippen LogP contribution >= 0.6 is 0 Å². The highest BCUT2D eigenvalue weighted by atomic mass is 16.5. The Bertz CT molecular complexity index is 784. The van der Waals surface area contributed by atoms with Crippen molar-refractivity contribution in [2.45, 2.75) is 6.42 Å². The van der Waals surface area contributed by atoms with Crippen LogP contribution < -0.4 is 9.47 Å². The summed E-state index contributed by atoms with van der Waals surface area (Å²) < 4.78 is 10.7. The summed E-state index contributed by atoms with van der Waals surface area (Å²) in [5.41, 5.74) is 2.01. The predicted octanol–water partition coefficient (Wildman–Crippen LogP) is 3.66. The fourth-order valence-electron chi connectivity index (χ4n) is 2.26. The summed E-state index contributed by atoms with van der Waals surface area (Å²) in [6, 6.07) is 12.5. The van der Waals surface area contributed by atoms with Gasteiger partial charge in [-0.15, -0.1) is 6.42 Å². The molecule has 1 N–H and O–H groups in total. The Kier molecular flexibility index (Phi) is 6.04. The molecule has 0 aliphatic heterocycles. The SMILES string of the molecule is C#CCOc1ccc(C=CCc2ccccc2C(=O)O)cc1OC. The normalized spacial score (nSPS) is 10.3. The minimum absolute atomic E-state index is 0.178. The maximum atomic E-state index is 11.2. The Balaban J connectivity index is 2.12. The average molecular weight is 322 g/mol. The van der Waals surface area contributed by atoms with Crippen molar-refractivity contribution in [3.63, 3.8) is 0 Å². The monoisotopic (exact) mass is 322 g/mol. The first-order valence-electron chi connectivity index (χ1n) is 7.37. The number of terminal acetylenes is 1. The maximum Gasteiger partial charge on any atom is 0.335 e. The van der Waals surface area contributed by atoms with Crippen LogP contribution in [0.25, 0.3) is 6.08 Å². The molecule has 2 aromatic carbocycles. The lowest BCUT2D eigenvalue weighted by atomic mass is 10.0. The number of benzene rings is 2. The van der Waals surface area contributed by atoms with Crippen LogP contribution in [-0.2, 0) is 6.42 Å². The van der Waals surface area contributed by atoms with E-state index in [9.17, 15) is 9.90 Å². The van der Waals surface area contributed by atoms with Crippen molar-refractivity contribution in [1.29, 1.82) is 0 Å². The Morgan fingerprint density at radius 2 is 2.04 bits per heavy atom. The van der Waals surface area contributed by atoms with Gasteiger partial charge in [-0.3, -0.25) is 0 Å². The summed E-state index contributed by atoms with van der Waals surface area (Å²) in [7, 11) is 1.56. The van der Waals surface area contributed by atoms with Gasteiger partial charge in [0.05, 0.1) is 12.7 Å². The molecule has 0 atom stereocenters. The number of ether oxygens (including phenoxy) is 2. The summed E-state index contributed by atoms with van der Waals surface area (Å²) in [4.78, 5) is 11.2. The summed E-state index contributed by atoms with van der Waals surface area (Å²) in [5.74, 6) is 2.67. The summed E-state index contributed by atoms with van der Waals surface area (Å²) >= 11 is 0. The topological polar surface area (TPSA) is 55.8 Å². The van der Waals surface area contributed by atoms with E-state index in [1.165, 1.54) is 0 Å². The van der Waals surface area contributed by atoms with E-state index in [0.717, 1.165) is 11.1 Å². The molecule has 0 fully saturated rings. The Morgan fingerprint density at radius 3 is 2.75 bits per heavy atom. The smallest absolute Gasteiger partial charge is 0.335 e. The standard InChI is InChI=1S/C20H18O4/c1-3-13-24-18-12-11-15(14-19(18)23-2)7-6-9-16-8-4-5-10-17(16)20(21)22/h1,4-8,10-12,14H,9,13H2,2H3,(H,21,22). The molecule has 2 aromatic rings. The molecule has 24 heavy (non-hydrogen) atoms. The van der Waals surface area contributed by atoms with E-state index in [1.807, 2.05) is 36.4 Å². The van der Waals surface area contributed by atoms with Crippen LogP contribution in [-0.4, -0.2) is 24.8 Å². The molecule has 122 valence electrons. The first-order valence-corrected chi connectivity index (χ1v) is 7.37. The van der Waals surface area contributed by atoms with E-state index in [1.54, 1.807) is 25.3 Å². The number of aromatic carboxylic acids is 1. The van der Waals surface area contributed by atoms with Crippen LogP contribution in [0.4, 0.5) is 0 Å². The van der Waals surface area contributed by atoms with Gasteiger partial charge in [0, 0.05) is 0 Å². The minimum Gasteiger partial charge on any atom is -0.493 e. The Morgan fingerprint density at radius 1 is 1.25 bits per heavy atom. The molecule has 4 nitrogen and oxygen atoms in total. The molecule has 0 bridgehead atoms. The van der Waals surface area contributed by atoms with Gasteiger partial charge in [0.25, 0.3) is 0 Å². The van der Waals surface area contributed by atoms with Crippen LogP contribution in [0.1, 0.15) is 21.5 Å². The second-order valence-electron chi connectivity index (χ2n) is 4.97. The Labute approximate surface area is 141 Å².